The van der Waals surface area contributed by atoms with Crippen LogP contribution in [0.2, 0.25) is 0 Å². The van der Waals surface area contributed by atoms with E-state index >= 15 is 0 Å². The smallest absolute Gasteiger partial charge is 0.319 e. The Bertz CT molecular complexity index is 1150. The molecule has 0 atom stereocenters. The SMILES string of the molecule is CCCCCCCCN(CCCCC)CCCNC(=O)Nc1cccc(Cc2cccc(NC(=O)NCCCN(CCCCC)CCCCCCCC)c2)c1. The van der Waals surface area contributed by atoms with Gasteiger partial charge in [0.15, 0.2) is 0 Å². The highest BCUT2D eigenvalue weighted by atomic mass is 16.2. The summed E-state index contributed by atoms with van der Waals surface area (Å²) >= 11 is 0. The first-order valence-corrected chi connectivity index (χ1v) is 22.7. The summed E-state index contributed by atoms with van der Waals surface area (Å²) in [6.07, 6.45) is 26.1. The molecule has 0 unspecified atom stereocenters. The van der Waals surface area contributed by atoms with Crippen LogP contribution in [-0.4, -0.2) is 74.2 Å². The van der Waals surface area contributed by atoms with Crippen molar-refractivity contribution in [3.8, 4) is 0 Å². The predicted molar refractivity (Wildman–Crippen MR) is 238 cm³/mol. The molecule has 312 valence electrons. The summed E-state index contributed by atoms with van der Waals surface area (Å²) in [7, 11) is 0. The number of anilines is 2. The zero-order valence-electron chi connectivity index (χ0n) is 35.8. The third-order valence-electron chi connectivity index (χ3n) is 10.5. The number of unbranched alkanes of at least 4 members (excludes halogenated alkanes) is 14. The average Bonchev–Trinajstić information content (AvgIpc) is 3.17. The Morgan fingerprint density at radius 2 is 0.764 bits per heavy atom. The zero-order chi connectivity index (χ0) is 39.6. The molecule has 0 radical (unpaired) electrons. The summed E-state index contributed by atoms with van der Waals surface area (Å²) < 4.78 is 0. The van der Waals surface area contributed by atoms with Crippen LogP contribution in [0.1, 0.15) is 167 Å². The second-order valence-electron chi connectivity index (χ2n) is 15.7. The molecule has 0 fully saturated rings. The molecule has 0 aliphatic carbocycles. The highest BCUT2D eigenvalue weighted by Crippen LogP contribution is 2.18. The van der Waals surface area contributed by atoms with Crippen molar-refractivity contribution >= 4 is 23.4 Å². The summed E-state index contributed by atoms with van der Waals surface area (Å²) in [5.74, 6) is 0. The van der Waals surface area contributed by atoms with Crippen LogP contribution in [0, 0.1) is 0 Å². The molecule has 8 heteroatoms. The van der Waals surface area contributed by atoms with Gasteiger partial charge in [0.25, 0.3) is 0 Å². The van der Waals surface area contributed by atoms with E-state index < -0.39 is 0 Å². The number of hydrogen-bond acceptors (Lipinski definition) is 4. The van der Waals surface area contributed by atoms with E-state index in [2.05, 4.69) is 70.9 Å². The van der Waals surface area contributed by atoms with Gasteiger partial charge in [-0.2, -0.15) is 0 Å². The minimum atomic E-state index is -0.162. The molecule has 0 heterocycles. The fourth-order valence-electron chi connectivity index (χ4n) is 7.19. The molecule has 0 bridgehead atoms. The largest absolute Gasteiger partial charge is 0.338 e. The van der Waals surface area contributed by atoms with Gasteiger partial charge in [-0.1, -0.05) is 142 Å². The van der Waals surface area contributed by atoms with Crippen LogP contribution < -0.4 is 21.3 Å². The summed E-state index contributed by atoms with van der Waals surface area (Å²) in [6.45, 7) is 17.1. The zero-order valence-corrected chi connectivity index (χ0v) is 35.8. The van der Waals surface area contributed by atoms with Crippen molar-refractivity contribution in [3.05, 3.63) is 59.7 Å². The van der Waals surface area contributed by atoms with Crippen LogP contribution in [0.25, 0.3) is 0 Å². The Morgan fingerprint density at radius 3 is 1.16 bits per heavy atom. The monoisotopic (exact) mass is 763 g/mol. The fourth-order valence-corrected chi connectivity index (χ4v) is 7.19. The van der Waals surface area contributed by atoms with E-state index in [4.69, 9.17) is 0 Å². The second-order valence-corrected chi connectivity index (χ2v) is 15.7. The normalized spacial score (nSPS) is 11.3. The standard InChI is InChI=1S/C47H82N6O2/c1-5-9-13-15-17-21-35-52(33-19-11-7-3)37-25-31-48-46(54)50-44-29-23-27-42(40-44)39-43-28-24-30-45(41-43)51-47(55)49-32-26-38-53(34-20-12-8-4)36-22-18-16-14-10-6-2/h23-24,27-30,40-41H,5-22,25-26,31-39H2,1-4H3,(H2,48,50,54)(H2,49,51,55). The Hall–Kier alpha value is -3.10. The van der Waals surface area contributed by atoms with Crippen molar-refractivity contribution < 1.29 is 9.59 Å². The molecule has 0 aliphatic heterocycles. The first-order chi connectivity index (χ1) is 27.0. The number of rotatable bonds is 34. The number of hydrogen-bond donors (Lipinski definition) is 4. The average molecular weight is 763 g/mol. The van der Waals surface area contributed by atoms with Crippen molar-refractivity contribution in [2.24, 2.45) is 0 Å². The Labute approximate surface area is 337 Å². The minimum Gasteiger partial charge on any atom is -0.338 e. The predicted octanol–water partition coefficient (Wildman–Crippen LogP) is 12.0. The maximum absolute atomic E-state index is 12.8. The van der Waals surface area contributed by atoms with E-state index in [1.807, 2.05) is 36.4 Å². The quantitative estimate of drug-likeness (QED) is 0.0535. The molecular weight excluding hydrogens is 681 g/mol. The van der Waals surface area contributed by atoms with Crippen LogP contribution in [0.4, 0.5) is 21.0 Å². The van der Waals surface area contributed by atoms with E-state index in [0.717, 1.165) is 61.5 Å². The molecule has 2 aromatic rings. The maximum Gasteiger partial charge on any atom is 0.319 e. The molecule has 0 aliphatic rings. The van der Waals surface area contributed by atoms with Gasteiger partial charge in [-0.05, 0) is 120 Å². The van der Waals surface area contributed by atoms with E-state index in [1.165, 1.54) is 129 Å². The lowest BCUT2D eigenvalue weighted by molar-refractivity contribution is 0.245. The molecule has 8 nitrogen and oxygen atoms in total. The van der Waals surface area contributed by atoms with Gasteiger partial charge in [0.2, 0.25) is 0 Å². The maximum atomic E-state index is 12.8. The van der Waals surface area contributed by atoms with Crippen LogP contribution in [-0.2, 0) is 6.42 Å². The van der Waals surface area contributed by atoms with Crippen LogP contribution in [0.5, 0.6) is 0 Å². The van der Waals surface area contributed by atoms with Crippen molar-refractivity contribution in [1.29, 1.82) is 0 Å². The lowest BCUT2D eigenvalue weighted by atomic mass is 10.0. The fraction of sp³-hybridized carbons (Fsp3) is 0.702. The summed E-state index contributed by atoms with van der Waals surface area (Å²) in [6, 6.07) is 15.7. The molecule has 4 amide bonds. The number of benzene rings is 2. The van der Waals surface area contributed by atoms with E-state index in [9.17, 15) is 9.59 Å². The number of urea groups is 2. The minimum absolute atomic E-state index is 0.162. The van der Waals surface area contributed by atoms with Crippen molar-refractivity contribution in [2.45, 2.75) is 163 Å². The van der Waals surface area contributed by atoms with Gasteiger partial charge < -0.3 is 31.1 Å². The van der Waals surface area contributed by atoms with Crippen molar-refractivity contribution in [1.82, 2.24) is 20.4 Å². The third kappa shape index (κ3) is 25.6. The van der Waals surface area contributed by atoms with Gasteiger partial charge in [-0.3, -0.25) is 0 Å². The number of nitrogens with zero attached hydrogens (tertiary/aromatic N) is 2. The van der Waals surface area contributed by atoms with Gasteiger partial charge in [0.05, 0.1) is 0 Å². The highest BCUT2D eigenvalue weighted by molar-refractivity contribution is 5.90. The Kier molecular flexibility index (Phi) is 28.9. The van der Waals surface area contributed by atoms with E-state index in [0.29, 0.717) is 19.5 Å². The number of nitrogens with one attached hydrogen (secondary N) is 4. The highest BCUT2D eigenvalue weighted by Gasteiger charge is 2.09. The van der Waals surface area contributed by atoms with Crippen LogP contribution in [0.15, 0.2) is 48.5 Å². The summed E-state index contributed by atoms with van der Waals surface area (Å²) in [4.78, 5) is 30.7. The Morgan fingerprint density at radius 1 is 0.436 bits per heavy atom. The first kappa shape index (κ1) is 48.0. The molecule has 2 aromatic carbocycles. The molecule has 0 aromatic heterocycles. The van der Waals surface area contributed by atoms with Gasteiger partial charge >= 0.3 is 12.1 Å². The lowest BCUT2D eigenvalue weighted by Crippen LogP contribution is -2.33. The molecule has 0 saturated heterocycles. The molecule has 55 heavy (non-hydrogen) atoms. The van der Waals surface area contributed by atoms with Gasteiger partial charge in [-0.25, -0.2) is 9.59 Å². The molecule has 4 N–H and O–H groups in total. The summed E-state index contributed by atoms with van der Waals surface area (Å²) in [5.41, 5.74) is 3.76. The summed E-state index contributed by atoms with van der Waals surface area (Å²) in [5, 5.41) is 12.2. The molecular formula is C47H82N6O2. The second kappa shape index (κ2) is 33.1. The van der Waals surface area contributed by atoms with E-state index in [-0.39, 0.29) is 12.1 Å². The van der Waals surface area contributed by atoms with Crippen LogP contribution in [0.3, 0.4) is 0 Å². The number of amides is 4. The van der Waals surface area contributed by atoms with Crippen molar-refractivity contribution in [3.63, 3.8) is 0 Å². The van der Waals surface area contributed by atoms with Crippen LogP contribution >= 0.6 is 0 Å². The number of carbonyl (C=O) groups is 2. The Balaban J connectivity index is 1.74. The number of carbonyl (C=O) groups excluding carboxylic acids is 2. The topological polar surface area (TPSA) is 88.7 Å². The molecule has 2 rings (SSSR count). The molecule has 0 saturated carbocycles. The lowest BCUT2D eigenvalue weighted by Gasteiger charge is -2.22. The molecule has 0 spiro atoms. The third-order valence-corrected chi connectivity index (χ3v) is 10.5. The van der Waals surface area contributed by atoms with Crippen molar-refractivity contribution in [2.75, 3.05) is 63.0 Å². The van der Waals surface area contributed by atoms with Gasteiger partial charge in [0.1, 0.15) is 0 Å². The van der Waals surface area contributed by atoms with Gasteiger partial charge in [0, 0.05) is 24.5 Å². The first-order valence-electron chi connectivity index (χ1n) is 22.7. The van der Waals surface area contributed by atoms with E-state index in [1.54, 1.807) is 0 Å². The van der Waals surface area contributed by atoms with Gasteiger partial charge in [-0.15, -0.1) is 0 Å².